The van der Waals surface area contributed by atoms with Crippen LogP contribution in [0.1, 0.15) is 63.5 Å². The van der Waals surface area contributed by atoms with Crippen LogP contribution in [0.3, 0.4) is 0 Å². The molecule has 258 valence electrons. The molecule has 1 aliphatic heterocycles. The van der Waals surface area contributed by atoms with Crippen molar-refractivity contribution in [1.82, 2.24) is 26.3 Å². The zero-order valence-electron chi connectivity index (χ0n) is 27.4. The summed E-state index contributed by atoms with van der Waals surface area (Å²) in [4.78, 5) is 67.3. The first-order valence-electron chi connectivity index (χ1n) is 16.4. The number of phenolic OH excluding ortho intramolecular Hbond substituents is 1. The Kier molecular flexibility index (Phi) is 13.0. The minimum atomic E-state index is -0.996. The number of esters is 1. The van der Waals surface area contributed by atoms with Crippen LogP contribution in [0.5, 0.6) is 5.75 Å². The Bertz CT molecular complexity index is 1570. The SMILES string of the molecule is CC(=O)N[C@H](CC(=O)N[C@@H](Cc1c[nH]c2ccccc12)C(=O)N[C@@H](CCCCN)CC(=O)N[C@@H]1CC(=O)O[C@@H]1C)Cc1ccc(O)cc1. The van der Waals surface area contributed by atoms with E-state index in [-0.39, 0.29) is 49.2 Å². The van der Waals surface area contributed by atoms with Crippen molar-refractivity contribution in [3.63, 3.8) is 0 Å². The number of rotatable bonds is 17. The number of amides is 4. The number of cyclic esters (lactones) is 1. The van der Waals surface area contributed by atoms with Crippen molar-refractivity contribution in [3.8, 4) is 5.75 Å². The van der Waals surface area contributed by atoms with Crippen molar-refractivity contribution in [2.75, 3.05) is 6.54 Å². The second kappa shape index (κ2) is 17.3. The Morgan fingerprint density at radius 3 is 2.38 bits per heavy atom. The highest BCUT2D eigenvalue weighted by Gasteiger charge is 2.33. The molecule has 2 heterocycles. The summed E-state index contributed by atoms with van der Waals surface area (Å²) in [5.74, 6) is -1.80. The number of H-pyrrole nitrogens is 1. The van der Waals surface area contributed by atoms with E-state index in [1.165, 1.54) is 19.1 Å². The fourth-order valence-corrected chi connectivity index (χ4v) is 5.99. The van der Waals surface area contributed by atoms with E-state index in [2.05, 4.69) is 26.3 Å². The number of hydrogen-bond donors (Lipinski definition) is 7. The highest BCUT2D eigenvalue weighted by molar-refractivity contribution is 5.90. The van der Waals surface area contributed by atoms with Crippen LogP contribution < -0.4 is 27.0 Å². The van der Waals surface area contributed by atoms with Crippen molar-refractivity contribution in [2.45, 2.75) is 95.5 Å². The van der Waals surface area contributed by atoms with Gasteiger partial charge in [-0.15, -0.1) is 0 Å². The van der Waals surface area contributed by atoms with Gasteiger partial charge in [0.15, 0.2) is 0 Å². The summed E-state index contributed by atoms with van der Waals surface area (Å²) in [6.07, 6.45) is 3.69. The molecule has 1 saturated heterocycles. The number of fused-ring (bicyclic) bond motifs is 1. The molecular formula is C35H46N6O7. The third kappa shape index (κ3) is 10.8. The normalized spacial score (nSPS) is 17.6. The molecule has 13 heteroatoms. The van der Waals surface area contributed by atoms with Gasteiger partial charge in [0.25, 0.3) is 0 Å². The second-order valence-corrected chi connectivity index (χ2v) is 12.4. The summed E-state index contributed by atoms with van der Waals surface area (Å²) in [5, 5.41) is 22.1. The molecule has 1 aliphatic rings. The number of nitrogens with two attached hydrogens (primary N) is 1. The van der Waals surface area contributed by atoms with E-state index in [0.29, 0.717) is 32.2 Å². The molecule has 3 aromatic rings. The molecular weight excluding hydrogens is 616 g/mol. The number of hydrogen-bond acceptors (Lipinski definition) is 8. The molecule has 5 atom stereocenters. The monoisotopic (exact) mass is 662 g/mol. The number of nitrogens with one attached hydrogen (secondary N) is 5. The molecule has 0 aliphatic carbocycles. The molecule has 0 saturated carbocycles. The molecule has 0 unspecified atom stereocenters. The first-order chi connectivity index (χ1) is 23.0. The van der Waals surface area contributed by atoms with Gasteiger partial charge in [0, 0.05) is 55.4 Å². The van der Waals surface area contributed by atoms with Crippen molar-refractivity contribution in [3.05, 3.63) is 65.9 Å². The number of para-hydroxylation sites is 1. The molecule has 0 bridgehead atoms. The van der Waals surface area contributed by atoms with Gasteiger partial charge in [0.05, 0.1) is 12.5 Å². The molecule has 4 rings (SSSR count). The lowest BCUT2D eigenvalue weighted by atomic mass is 10.00. The fraction of sp³-hybridized carbons (Fsp3) is 0.457. The lowest BCUT2D eigenvalue weighted by Gasteiger charge is -2.25. The van der Waals surface area contributed by atoms with Crippen molar-refractivity contribution < 1.29 is 33.8 Å². The van der Waals surface area contributed by atoms with Crippen molar-refractivity contribution in [1.29, 1.82) is 0 Å². The van der Waals surface area contributed by atoms with Crippen LogP contribution in [0.2, 0.25) is 0 Å². The van der Waals surface area contributed by atoms with Crippen molar-refractivity contribution >= 4 is 40.5 Å². The highest BCUT2D eigenvalue weighted by atomic mass is 16.6. The van der Waals surface area contributed by atoms with Crippen molar-refractivity contribution in [2.24, 2.45) is 5.73 Å². The molecule has 13 nitrogen and oxygen atoms in total. The molecule has 0 spiro atoms. The molecule has 48 heavy (non-hydrogen) atoms. The van der Waals surface area contributed by atoms with E-state index in [1.54, 1.807) is 25.3 Å². The first kappa shape index (κ1) is 35.9. The minimum Gasteiger partial charge on any atom is -0.508 e. The molecule has 4 amide bonds. The number of aromatic hydroxyl groups is 1. The number of carbonyl (C=O) groups excluding carboxylic acids is 5. The van der Waals surface area contributed by atoms with E-state index in [4.69, 9.17) is 10.5 Å². The second-order valence-electron chi connectivity index (χ2n) is 12.4. The van der Waals surface area contributed by atoms with Gasteiger partial charge >= 0.3 is 5.97 Å². The number of aromatic nitrogens is 1. The quantitative estimate of drug-likeness (QED) is 0.0837. The van der Waals surface area contributed by atoms with Gasteiger partial charge in [-0.05, 0) is 62.1 Å². The zero-order chi connectivity index (χ0) is 34.6. The summed E-state index contributed by atoms with van der Waals surface area (Å²) >= 11 is 0. The lowest BCUT2D eigenvalue weighted by Crippen LogP contribution is -2.52. The predicted octanol–water partition coefficient (Wildman–Crippen LogP) is 1.86. The Balaban J connectivity index is 1.50. The Hall–Kier alpha value is -4.91. The number of benzene rings is 2. The van der Waals surface area contributed by atoms with E-state index in [0.717, 1.165) is 22.0 Å². The maximum absolute atomic E-state index is 13.9. The van der Waals surface area contributed by atoms with Crippen LogP contribution in [-0.4, -0.2) is 76.5 Å². The number of phenols is 1. The number of ether oxygens (including phenoxy) is 1. The van der Waals surface area contributed by atoms with Gasteiger partial charge in [0.2, 0.25) is 23.6 Å². The summed E-state index contributed by atoms with van der Waals surface area (Å²) < 4.78 is 5.15. The number of aromatic amines is 1. The first-order valence-corrected chi connectivity index (χ1v) is 16.4. The summed E-state index contributed by atoms with van der Waals surface area (Å²) in [6.45, 7) is 3.55. The third-order valence-electron chi connectivity index (χ3n) is 8.41. The Labute approximate surface area is 279 Å². The topological polar surface area (TPSA) is 205 Å². The van der Waals surface area contributed by atoms with Crippen LogP contribution in [0.25, 0.3) is 10.9 Å². The van der Waals surface area contributed by atoms with E-state index in [9.17, 15) is 29.1 Å². The predicted molar refractivity (Wildman–Crippen MR) is 180 cm³/mol. The Morgan fingerprint density at radius 1 is 0.958 bits per heavy atom. The maximum atomic E-state index is 13.9. The number of carbonyl (C=O) groups is 5. The molecule has 1 aromatic heterocycles. The van der Waals surface area contributed by atoms with Gasteiger partial charge in [-0.3, -0.25) is 24.0 Å². The smallest absolute Gasteiger partial charge is 0.308 e. The van der Waals surface area contributed by atoms with E-state index < -0.39 is 42.1 Å². The van der Waals surface area contributed by atoms with Gasteiger partial charge in [-0.2, -0.15) is 0 Å². The standard InChI is InChI=1S/C35H46N6O7/c1-21-30(19-34(46)48-21)40-32(44)17-25(7-5-6-14-36)39-35(47)31(16-24-20-37-29-9-4-3-8-28(24)29)41-33(45)18-26(38-22(2)42)15-23-10-12-27(43)13-11-23/h3-4,8-13,20-21,25-26,30-31,37,43H,5-7,14-19,36H2,1-2H3,(H,38,42)(H,39,47)(H,40,44)(H,41,45)/t21-,25+,26+,30-,31+/m1/s1. The molecule has 8 N–H and O–H groups in total. The summed E-state index contributed by atoms with van der Waals surface area (Å²) in [6, 6.07) is 11.6. The van der Waals surface area contributed by atoms with Crippen LogP contribution in [0.4, 0.5) is 0 Å². The maximum Gasteiger partial charge on any atom is 0.308 e. The number of unbranched alkanes of at least 4 members (excludes halogenated alkanes) is 1. The van der Waals surface area contributed by atoms with Gasteiger partial charge in [-0.1, -0.05) is 36.8 Å². The average Bonchev–Trinajstić information content (AvgIpc) is 3.58. The van der Waals surface area contributed by atoms with Crippen LogP contribution in [-0.2, 0) is 41.6 Å². The summed E-state index contributed by atoms with van der Waals surface area (Å²) in [7, 11) is 0. The molecule has 2 aromatic carbocycles. The zero-order valence-corrected chi connectivity index (χ0v) is 27.4. The van der Waals surface area contributed by atoms with E-state index >= 15 is 0 Å². The van der Waals surface area contributed by atoms with Crippen LogP contribution in [0, 0.1) is 0 Å². The van der Waals surface area contributed by atoms with Gasteiger partial charge in [-0.25, -0.2) is 0 Å². The average molecular weight is 663 g/mol. The van der Waals surface area contributed by atoms with Crippen LogP contribution in [0.15, 0.2) is 54.7 Å². The van der Waals surface area contributed by atoms with Gasteiger partial charge < -0.3 is 41.8 Å². The minimum absolute atomic E-state index is 0.0291. The van der Waals surface area contributed by atoms with Crippen LogP contribution >= 0.6 is 0 Å². The fourth-order valence-electron chi connectivity index (χ4n) is 5.99. The third-order valence-corrected chi connectivity index (χ3v) is 8.41. The lowest BCUT2D eigenvalue weighted by molar-refractivity contribution is -0.141. The van der Waals surface area contributed by atoms with Gasteiger partial charge in [0.1, 0.15) is 17.9 Å². The molecule has 1 fully saturated rings. The largest absolute Gasteiger partial charge is 0.508 e. The summed E-state index contributed by atoms with van der Waals surface area (Å²) in [5.41, 5.74) is 8.23. The highest BCUT2D eigenvalue weighted by Crippen LogP contribution is 2.20. The molecule has 0 radical (unpaired) electrons. The Morgan fingerprint density at radius 2 is 1.69 bits per heavy atom. The van der Waals surface area contributed by atoms with E-state index in [1.807, 2.05) is 24.3 Å².